The van der Waals surface area contributed by atoms with Crippen molar-refractivity contribution in [1.29, 1.82) is 0 Å². The molecule has 20 heavy (non-hydrogen) atoms. The first kappa shape index (κ1) is 14.7. The Morgan fingerprint density at radius 2 is 1.95 bits per heavy atom. The van der Waals surface area contributed by atoms with Crippen LogP contribution < -0.4 is 9.47 Å². The van der Waals surface area contributed by atoms with Gasteiger partial charge in [0.1, 0.15) is 0 Å². The van der Waals surface area contributed by atoms with Crippen molar-refractivity contribution >= 4 is 23.6 Å². The molecule has 5 heteroatoms. The highest BCUT2D eigenvalue weighted by Gasteiger charge is 2.15. The van der Waals surface area contributed by atoms with Gasteiger partial charge in [0.15, 0.2) is 11.5 Å². The number of carbonyl (C=O) groups excluding carboxylic acids is 1. The van der Waals surface area contributed by atoms with Gasteiger partial charge < -0.3 is 14.4 Å². The van der Waals surface area contributed by atoms with Gasteiger partial charge in [-0.05, 0) is 36.6 Å². The number of amides is 1. The van der Waals surface area contributed by atoms with Crippen molar-refractivity contribution in [1.82, 2.24) is 4.90 Å². The van der Waals surface area contributed by atoms with Crippen LogP contribution in [-0.4, -0.2) is 38.1 Å². The zero-order valence-corrected chi connectivity index (χ0v) is 12.4. The molecule has 1 aromatic rings. The highest BCUT2D eigenvalue weighted by molar-refractivity contribution is 6.32. The Morgan fingerprint density at radius 3 is 2.55 bits per heavy atom. The maximum Gasteiger partial charge on any atom is 0.246 e. The number of likely N-dealkylation sites (tertiary alicyclic amines) is 1. The zero-order chi connectivity index (χ0) is 14.5. The molecule has 0 unspecified atom stereocenters. The maximum absolute atomic E-state index is 11.9. The van der Waals surface area contributed by atoms with E-state index in [0.717, 1.165) is 31.5 Å². The average molecular weight is 296 g/mol. The molecule has 1 aliphatic heterocycles. The molecular formula is C15H18ClNO3. The molecule has 108 valence electrons. The lowest BCUT2D eigenvalue weighted by Gasteiger charge is -2.12. The number of nitrogens with zero attached hydrogens (tertiary/aromatic N) is 1. The molecule has 1 amide bonds. The summed E-state index contributed by atoms with van der Waals surface area (Å²) in [6, 6.07) is 3.54. The Bertz CT molecular complexity index is 522. The Kier molecular flexibility index (Phi) is 4.90. The molecule has 1 heterocycles. The Hall–Kier alpha value is -1.68. The van der Waals surface area contributed by atoms with Crippen LogP contribution in [-0.2, 0) is 4.79 Å². The number of ether oxygens (including phenoxy) is 2. The van der Waals surface area contributed by atoms with Crippen LogP contribution in [0.1, 0.15) is 18.4 Å². The first-order valence-corrected chi connectivity index (χ1v) is 6.92. The van der Waals surface area contributed by atoms with Crippen molar-refractivity contribution in [3.8, 4) is 11.5 Å². The molecule has 0 N–H and O–H groups in total. The second kappa shape index (κ2) is 6.66. The Labute approximate surface area is 123 Å². The van der Waals surface area contributed by atoms with E-state index in [0.29, 0.717) is 16.5 Å². The third-order valence-corrected chi connectivity index (χ3v) is 3.57. The highest BCUT2D eigenvalue weighted by Crippen LogP contribution is 2.36. The van der Waals surface area contributed by atoms with Gasteiger partial charge in [0, 0.05) is 19.2 Å². The van der Waals surface area contributed by atoms with E-state index in [4.69, 9.17) is 21.1 Å². The van der Waals surface area contributed by atoms with Crippen LogP contribution >= 0.6 is 11.6 Å². The molecule has 0 spiro atoms. The number of methoxy groups -OCH3 is 2. The number of hydrogen-bond donors (Lipinski definition) is 0. The molecule has 1 aromatic carbocycles. The van der Waals surface area contributed by atoms with Crippen LogP contribution in [0.25, 0.3) is 6.08 Å². The van der Waals surface area contributed by atoms with Crippen LogP contribution in [0.5, 0.6) is 11.5 Å². The fourth-order valence-electron chi connectivity index (χ4n) is 2.24. The van der Waals surface area contributed by atoms with Gasteiger partial charge >= 0.3 is 0 Å². The number of halogens is 1. The van der Waals surface area contributed by atoms with Crippen molar-refractivity contribution in [3.05, 3.63) is 28.8 Å². The molecule has 0 bridgehead atoms. The summed E-state index contributed by atoms with van der Waals surface area (Å²) in [5.41, 5.74) is 0.806. The number of benzene rings is 1. The van der Waals surface area contributed by atoms with Crippen LogP contribution in [0, 0.1) is 0 Å². The van der Waals surface area contributed by atoms with Gasteiger partial charge in [0.25, 0.3) is 0 Å². The smallest absolute Gasteiger partial charge is 0.246 e. The Balaban J connectivity index is 2.16. The molecule has 0 atom stereocenters. The molecular weight excluding hydrogens is 278 g/mol. The normalized spacial score (nSPS) is 14.8. The standard InChI is InChI=1S/C15H18ClNO3/c1-19-13-10-11(9-12(16)15(13)20-2)5-6-14(18)17-7-3-4-8-17/h5-6,9-10H,3-4,7-8H2,1-2H3/b6-5+. The van der Waals surface area contributed by atoms with Gasteiger partial charge in [-0.2, -0.15) is 0 Å². The van der Waals surface area contributed by atoms with Gasteiger partial charge in [-0.25, -0.2) is 0 Å². The largest absolute Gasteiger partial charge is 0.493 e. The van der Waals surface area contributed by atoms with E-state index in [9.17, 15) is 4.79 Å². The van der Waals surface area contributed by atoms with Crippen LogP contribution in [0.3, 0.4) is 0 Å². The van der Waals surface area contributed by atoms with Gasteiger partial charge in [-0.1, -0.05) is 11.6 Å². The second-order valence-corrected chi connectivity index (χ2v) is 5.01. The third kappa shape index (κ3) is 3.25. The first-order valence-electron chi connectivity index (χ1n) is 6.54. The summed E-state index contributed by atoms with van der Waals surface area (Å²) in [6.07, 6.45) is 5.49. The van der Waals surface area contributed by atoms with Gasteiger partial charge in [0.2, 0.25) is 5.91 Å². The minimum Gasteiger partial charge on any atom is -0.493 e. The maximum atomic E-state index is 11.9. The number of rotatable bonds is 4. The van der Waals surface area contributed by atoms with Crippen molar-refractivity contribution in [2.75, 3.05) is 27.3 Å². The van der Waals surface area contributed by atoms with E-state index in [1.165, 1.54) is 7.11 Å². The molecule has 4 nitrogen and oxygen atoms in total. The van der Waals surface area contributed by atoms with Crippen molar-refractivity contribution in [2.24, 2.45) is 0 Å². The SMILES string of the molecule is COc1cc(/C=C/C(=O)N2CCCC2)cc(Cl)c1OC. The second-order valence-electron chi connectivity index (χ2n) is 4.60. The molecule has 0 radical (unpaired) electrons. The van der Waals surface area contributed by atoms with E-state index in [1.807, 2.05) is 4.90 Å². The van der Waals surface area contributed by atoms with E-state index in [2.05, 4.69) is 0 Å². The summed E-state index contributed by atoms with van der Waals surface area (Å²) in [6.45, 7) is 1.69. The van der Waals surface area contributed by atoms with E-state index < -0.39 is 0 Å². The molecule has 0 saturated carbocycles. The molecule has 0 aliphatic carbocycles. The molecule has 0 aromatic heterocycles. The summed E-state index contributed by atoms with van der Waals surface area (Å²) in [5.74, 6) is 1.08. The van der Waals surface area contributed by atoms with Crippen molar-refractivity contribution in [3.63, 3.8) is 0 Å². The predicted octanol–water partition coefficient (Wildman–Crippen LogP) is 2.99. The Morgan fingerprint density at radius 1 is 1.25 bits per heavy atom. The first-order chi connectivity index (χ1) is 9.65. The minimum absolute atomic E-state index is 0.0356. The minimum atomic E-state index is 0.0356. The summed E-state index contributed by atoms with van der Waals surface area (Å²) in [4.78, 5) is 13.8. The fourth-order valence-corrected chi connectivity index (χ4v) is 2.54. The van der Waals surface area contributed by atoms with Crippen molar-refractivity contribution in [2.45, 2.75) is 12.8 Å². The van der Waals surface area contributed by atoms with Gasteiger partial charge in [-0.3, -0.25) is 4.79 Å². The van der Waals surface area contributed by atoms with Gasteiger partial charge in [-0.15, -0.1) is 0 Å². The summed E-state index contributed by atoms with van der Waals surface area (Å²) >= 11 is 6.12. The molecule has 2 rings (SSSR count). The van der Waals surface area contributed by atoms with Gasteiger partial charge in [0.05, 0.1) is 19.2 Å². The summed E-state index contributed by atoms with van der Waals surface area (Å²) < 4.78 is 10.4. The molecule has 1 saturated heterocycles. The predicted molar refractivity (Wildman–Crippen MR) is 79.4 cm³/mol. The quantitative estimate of drug-likeness (QED) is 0.802. The summed E-state index contributed by atoms with van der Waals surface area (Å²) in [5, 5.41) is 0.458. The molecule has 1 fully saturated rings. The van der Waals surface area contributed by atoms with Crippen LogP contribution in [0.15, 0.2) is 18.2 Å². The van der Waals surface area contributed by atoms with E-state index in [-0.39, 0.29) is 5.91 Å². The topological polar surface area (TPSA) is 38.8 Å². The fraction of sp³-hybridized carbons (Fsp3) is 0.400. The van der Waals surface area contributed by atoms with Crippen LogP contribution in [0.2, 0.25) is 5.02 Å². The number of hydrogen-bond acceptors (Lipinski definition) is 3. The lowest BCUT2D eigenvalue weighted by atomic mass is 10.2. The summed E-state index contributed by atoms with van der Waals surface area (Å²) in [7, 11) is 3.09. The van der Waals surface area contributed by atoms with E-state index in [1.54, 1.807) is 31.4 Å². The average Bonchev–Trinajstić information content (AvgIpc) is 2.98. The lowest BCUT2D eigenvalue weighted by Crippen LogP contribution is -2.25. The van der Waals surface area contributed by atoms with E-state index >= 15 is 0 Å². The zero-order valence-electron chi connectivity index (χ0n) is 11.7. The lowest BCUT2D eigenvalue weighted by molar-refractivity contribution is -0.124. The monoisotopic (exact) mass is 295 g/mol. The third-order valence-electron chi connectivity index (χ3n) is 3.29. The van der Waals surface area contributed by atoms with Crippen LogP contribution in [0.4, 0.5) is 0 Å². The highest BCUT2D eigenvalue weighted by atomic mass is 35.5. The number of carbonyl (C=O) groups is 1. The molecule has 1 aliphatic rings. The van der Waals surface area contributed by atoms with Crippen molar-refractivity contribution < 1.29 is 14.3 Å².